The quantitative estimate of drug-likeness (QED) is 0.789. The van der Waals surface area contributed by atoms with Gasteiger partial charge < -0.3 is 20.2 Å². The molecule has 20 heavy (non-hydrogen) atoms. The summed E-state index contributed by atoms with van der Waals surface area (Å²) >= 11 is 0. The Kier molecular flexibility index (Phi) is 3.46. The van der Waals surface area contributed by atoms with Crippen molar-refractivity contribution in [1.29, 1.82) is 0 Å². The molecule has 2 heterocycles. The van der Waals surface area contributed by atoms with Crippen LogP contribution >= 0.6 is 0 Å². The molecule has 1 aromatic carbocycles. The predicted octanol–water partition coefficient (Wildman–Crippen LogP) is 1.33. The second kappa shape index (κ2) is 5.26. The van der Waals surface area contributed by atoms with Crippen molar-refractivity contribution >= 4 is 16.9 Å². The number of para-hydroxylation sites is 1. The zero-order chi connectivity index (χ0) is 14.1. The summed E-state index contributed by atoms with van der Waals surface area (Å²) in [5.74, 6) is 0.632. The first-order valence-corrected chi connectivity index (χ1v) is 6.84. The molecular formula is C15H18N2O3. The van der Waals surface area contributed by atoms with Gasteiger partial charge in [0.05, 0.1) is 18.2 Å². The molecule has 0 radical (unpaired) electrons. The van der Waals surface area contributed by atoms with Crippen molar-refractivity contribution in [1.82, 2.24) is 10.6 Å². The lowest BCUT2D eigenvalue weighted by atomic mass is 10.1. The Morgan fingerprint density at radius 1 is 1.50 bits per heavy atom. The highest BCUT2D eigenvalue weighted by molar-refractivity contribution is 5.83. The molecule has 0 spiro atoms. The van der Waals surface area contributed by atoms with E-state index in [1.165, 1.54) is 0 Å². The maximum absolute atomic E-state index is 12.1. The van der Waals surface area contributed by atoms with E-state index < -0.39 is 6.10 Å². The van der Waals surface area contributed by atoms with Crippen LogP contribution in [0, 0.1) is 0 Å². The number of aliphatic hydroxyl groups is 1. The lowest BCUT2D eigenvalue weighted by Crippen LogP contribution is -2.41. The average molecular weight is 274 g/mol. The van der Waals surface area contributed by atoms with E-state index in [9.17, 15) is 9.90 Å². The molecule has 1 saturated heterocycles. The van der Waals surface area contributed by atoms with Crippen molar-refractivity contribution < 1.29 is 14.3 Å². The van der Waals surface area contributed by atoms with Crippen molar-refractivity contribution in [2.24, 2.45) is 0 Å². The molecule has 1 amide bonds. The summed E-state index contributed by atoms with van der Waals surface area (Å²) in [6.07, 6.45) is 0.0193. The predicted molar refractivity (Wildman–Crippen MR) is 75.2 cm³/mol. The second-order valence-electron chi connectivity index (χ2n) is 5.27. The fraction of sp³-hybridized carbons (Fsp3) is 0.400. The van der Waals surface area contributed by atoms with E-state index in [0.29, 0.717) is 13.0 Å². The zero-order valence-corrected chi connectivity index (χ0v) is 11.3. The smallest absolute Gasteiger partial charge is 0.237 e. The van der Waals surface area contributed by atoms with Crippen LogP contribution in [0.25, 0.3) is 11.0 Å². The minimum absolute atomic E-state index is 0.102. The molecule has 5 heteroatoms. The molecule has 3 rings (SSSR count). The highest BCUT2D eigenvalue weighted by Crippen LogP contribution is 2.23. The number of hydrogen-bond donors (Lipinski definition) is 3. The number of rotatable bonds is 3. The Labute approximate surface area is 117 Å². The second-order valence-corrected chi connectivity index (χ2v) is 5.27. The molecule has 0 aliphatic carbocycles. The Hall–Kier alpha value is -1.85. The maximum atomic E-state index is 12.1. The number of carbonyl (C=O) groups excluding carboxylic acids is 1. The first kappa shape index (κ1) is 13.1. The van der Waals surface area contributed by atoms with Crippen LogP contribution in [0.3, 0.4) is 0 Å². The van der Waals surface area contributed by atoms with E-state index in [1.54, 1.807) is 0 Å². The number of fused-ring (bicyclic) bond motifs is 1. The van der Waals surface area contributed by atoms with Gasteiger partial charge in [0.1, 0.15) is 11.3 Å². The van der Waals surface area contributed by atoms with Gasteiger partial charge in [0.2, 0.25) is 5.91 Å². The molecule has 2 aromatic rings. The summed E-state index contributed by atoms with van der Waals surface area (Å²) in [7, 11) is 0. The van der Waals surface area contributed by atoms with Crippen LogP contribution in [0.4, 0.5) is 0 Å². The zero-order valence-electron chi connectivity index (χ0n) is 11.3. The molecule has 0 unspecified atom stereocenters. The van der Waals surface area contributed by atoms with Gasteiger partial charge in [0.25, 0.3) is 0 Å². The number of carbonyl (C=O) groups is 1. The van der Waals surface area contributed by atoms with E-state index in [0.717, 1.165) is 16.7 Å². The van der Waals surface area contributed by atoms with Gasteiger partial charge in [-0.05, 0) is 25.5 Å². The molecule has 1 aliphatic heterocycles. The van der Waals surface area contributed by atoms with Crippen molar-refractivity contribution in [3.63, 3.8) is 0 Å². The summed E-state index contributed by atoms with van der Waals surface area (Å²) in [5, 5.41) is 16.4. The van der Waals surface area contributed by atoms with Crippen LogP contribution in [0.15, 0.2) is 34.7 Å². The number of benzene rings is 1. The van der Waals surface area contributed by atoms with Crippen LogP contribution in [-0.4, -0.2) is 29.7 Å². The van der Waals surface area contributed by atoms with Crippen LogP contribution < -0.4 is 10.6 Å². The summed E-state index contributed by atoms with van der Waals surface area (Å²) < 4.78 is 5.73. The number of hydrogen-bond acceptors (Lipinski definition) is 4. The number of nitrogens with one attached hydrogen (secondary N) is 2. The third kappa shape index (κ3) is 2.55. The molecular weight excluding hydrogens is 256 g/mol. The van der Waals surface area contributed by atoms with Gasteiger partial charge in [-0.25, -0.2) is 0 Å². The van der Waals surface area contributed by atoms with Crippen molar-refractivity contribution in [3.05, 3.63) is 36.1 Å². The first-order chi connectivity index (χ1) is 9.63. The van der Waals surface area contributed by atoms with Gasteiger partial charge >= 0.3 is 0 Å². The Morgan fingerprint density at radius 3 is 3.00 bits per heavy atom. The monoisotopic (exact) mass is 274 g/mol. The van der Waals surface area contributed by atoms with Gasteiger partial charge in [-0.2, -0.15) is 0 Å². The fourth-order valence-electron chi connectivity index (χ4n) is 2.52. The molecule has 106 valence electrons. The van der Waals surface area contributed by atoms with E-state index in [-0.39, 0.29) is 18.0 Å². The summed E-state index contributed by atoms with van der Waals surface area (Å²) in [4.78, 5) is 12.1. The third-order valence-electron chi connectivity index (χ3n) is 3.65. The molecule has 3 N–H and O–H groups in total. The minimum atomic E-state index is -0.438. The Balaban J connectivity index is 1.69. The molecule has 1 aromatic heterocycles. The minimum Gasteiger partial charge on any atom is -0.459 e. The van der Waals surface area contributed by atoms with Crippen LogP contribution in [-0.2, 0) is 4.79 Å². The largest absolute Gasteiger partial charge is 0.459 e. The molecule has 0 saturated carbocycles. The van der Waals surface area contributed by atoms with Gasteiger partial charge in [-0.15, -0.1) is 0 Å². The summed E-state index contributed by atoms with van der Waals surface area (Å²) in [6, 6.07) is 9.18. The Morgan fingerprint density at radius 2 is 2.30 bits per heavy atom. The molecule has 1 fully saturated rings. The molecule has 5 nitrogen and oxygen atoms in total. The topological polar surface area (TPSA) is 74.5 Å². The number of furan rings is 1. The van der Waals surface area contributed by atoms with Gasteiger partial charge in [0, 0.05) is 11.9 Å². The average Bonchev–Trinajstić information content (AvgIpc) is 3.04. The van der Waals surface area contributed by atoms with Crippen LogP contribution in [0.2, 0.25) is 0 Å². The standard InChI is InChI=1S/C15H18N2O3/c1-9(17-15(19)12-7-11(18)8-16-12)14-6-10-4-2-3-5-13(10)20-14/h2-6,9,11-12,16,18H,7-8H2,1H3,(H,17,19)/t9-,11-,12-/m0/s1. The van der Waals surface area contributed by atoms with Crippen molar-refractivity contribution in [3.8, 4) is 0 Å². The van der Waals surface area contributed by atoms with Gasteiger partial charge in [0.15, 0.2) is 0 Å². The van der Waals surface area contributed by atoms with E-state index in [2.05, 4.69) is 10.6 Å². The van der Waals surface area contributed by atoms with E-state index in [4.69, 9.17) is 4.42 Å². The van der Waals surface area contributed by atoms with Crippen molar-refractivity contribution in [2.75, 3.05) is 6.54 Å². The van der Waals surface area contributed by atoms with Crippen LogP contribution in [0.5, 0.6) is 0 Å². The molecule has 3 atom stereocenters. The SMILES string of the molecule is C[C@H](NC(=O)[C@@H]1C[C@H](O)CN1)c1cc2ccccc2o1. The van der Waals surface area contributed by atoms with E-state index in [1.807, 2.05) is 37.3 Å². The summed E-state index contributed by atoms with van der Waals surface area (Å²) in [6.45, 7) is 2.36. The van der Waals surface area contributed by atoms with Crippen LogP contribution in [0.1, 0.15) is 25.1 Å². The lowest BCUT2D eigenvalue weighted by Gasteiger charge is -2.15. The Bertz CT molecular complexity index is 589. The lowest BCUT2D eigenvalue weighted by molar-refractivity contribution is -0.123. The summed E-state index contributed by atoms with van der Waals surface area (Å²) in [5.41, 5.74) is 0.818. The normalized spacial score (nSPS) is 23.9. The van der Waals surface area contributed by atoms with Gasteiger partial charge in [-0.1, -0.05) is 18.2 Å². The van der Waals surface area contributed by atoms with Crippen molar-refractivity contribution in [2.45, 2.75) is 31.5 Å². The number of amides is 1. The number of aliphatic hydroxyl groups excluding tert-OH is 1. The number of β-amino-alcohol motifs (C(OH)–C–C–N with tert-alkyl or cyclic N) is 1. The highest BCUT2D eigenvalue weighted by Gasteiger charge is 2.29. The third-order valence-corrected chi connectivity index (χ3v) is 3.65. The first-order valence-electron chi connectivity index (χ1n) is 6.84. The molecule has 0 bridgehead atoms. The molecule has 1 aliphatic rings. The van der Waals surface area contributed by atoms with Gasteiger partial charge in [-0.3, -0.25) is 4.79 Å². The van der Waals surface area contributed by atoms with E-state index >= 15 is 0 Å². The maximum Gasteiger partial charge on any atom is 0.237 e. The fourth-order valence-corrected chi connectivity index (χ4v) is 2.52. The highest BCUT2D eigenvalue weighted by atomic mass is 16.3.